The van der Waals surface area contributed by atoms with Gasteiger partial charge in [-0.2, -0.15) is 0 Å². The molecule has 0 amide bonds. The number of nitrogens with zero attached hydrogens (tertiary/aromatic N) is 1. The standard InChI is InChI=1S/C17H17NO4/c1-13(18(19)20)10-15-8-9-16(17(11-15)21-2)22-12-14-6-4-3-5-7-14/h3-11H,12H2,1-2H3/b13-10+. The molecular formula is C17H17NO4. The van der Waals surface area contributed by atoms with Gasteiger partial charge in [-0.25, -0.2) is 0 Å². The molecule has 0 N–H and O–H groups in total. The molecule has 0 bridgehead atoms. The third-order valence-corrected chi connectivity index (χ3v) is 3.09. The van der Waals surface area contributed by atoms with E-state index in [4.69, 9.17) is 9.47 Å². The molecule has 2 aromatic rings. The van der Waals surface area contributed by atoms with Gasteiger partial charge < -0.3 is 9.47 Å². The van der Waals surface area contributed by atoms with Crippen molar-refractivity contribution in [1.29, 1.82) is 0 Å². The molecule has 114 valence electrons. The van der Waals surface area contributed by atoms with Crippen LogP contribution in [0.25, 0.3) is 6.08 Å². The Morgan fingerprint density at radius 2 is 1.91 bits per heavy atom. The van der Waals surface area contributed by atoms with Crippen LogP contribution in [-0.2, 0) is 6.61 Å². The number of methoxy groups -OCH3 is 1. The molecule has 0 aliphatic carbocycles. The van der Waals surface area contributed by atoms with E-state index in [0.29, 0.717) is 23.7 Å². The van der Waals surface area contributed by atoms with E-state index >= 15 is 0 Å². The third-order valence-electron chi connectivity index (χ3n) is 3.09. The molecule has 0 fully saturated rings. The lowest BCUT2D eigenvalue weighted by Crippen LogP contribution is -1.98. The maximum absolute atomic E-state index is 10.7. The van der Waals surface area contributed by atoms with Gasteiger partial charge in [0.25, 0.3) is 0 Å². The first-order valence-electron chi connectivity index (χ1n) is 6.77. The lowest BCUT2D eigenvalue weighted by molar-refractivity contribution is -0.422. The van der Waals surface area contributed by atoms with E-state index in [1.165, 1.54) is 13.0 Å². The molecule has 0 unspecified atom stereocenters. The second-order valence-electron chi connectivity index (χ2n) is 4.73. The molecule has 0 heterocycles. The summed E-state index contributed by atoms with van der Waals surface area (Å²) in [6, 6.07) is 15.0. The molecule has 0 aliphatic rings. The summed E-state index contributed by atoms with van der Waals surface area (Å²) in [5.41, 5.74) is 1.82. The largest absolute Gasteiger partial charge is 0.493 e. The van der Waals surface area contributed by atoms with Crippen LogP contribution in [0.3, 0.4) is 0 Å². The van der Waals surface area contributed by atoms with Gasteiger partial charge >= 0.3 is 0 Å². The zero-order valence-electron chi connectivity index (χ0n) is 12.5. The minimum Gasteiger partial charge on any atom is -0.493 e. The van der Waals surface area contributed by atoms with E-state index in [0.717, 1.165) is 5.56 Å². The normalized spacial score (nSPS) is 11.1. The maximum Gasteiger partial charge on any atom is 0.243 e. The Morgan fingerprint density at radius 1 is 1.18 bits per heavy atom. The summed E-state index contributed by atoms with van der Waals surface area (Å²) >= 11 is 0. The van der Waals surface area contributed by atoms with Gasteiger partial charge in [0.15, 0.2) is 11.5 Å². The fourth-order valence-corrected chi connectivity index (χ4v) is 1.92. The number of rotatable bonds is 6. The Morgan fingerprint density at radius 3 is 2.55 bits per heavy atom. The highest BCUT2D eigenvalue weighted by Gasteiger charge is 2.08. The Balaban J connectivity index is 2.16. The summed E-state index contributed by atoms with van der Waals surface area (Å²) in [6.07, 6.45) is 1.49. The number of ether oxygens (including phenoxy) is 2. The van der Waals surface area contributed by atoms with Crippen LogP contribution in [0.4, 0.5) is 0 Å². The molecule has 0 aliphatic heterocycles. The van der Waals surface area contributed by atoms with Crippen LogP contribution >= 0.6 is 0 Å². The van der Waals surface area contributed by atoms with Crippen molar-refractivity contribution in [3.63, 3.8) is 0 Å². The maximum atomic E-state index is 10.7. The van der Waals surface area contributed by atoms with Gasteiger partial charge in [-0.1, -0.05) is 36.4 Å². The van der Waals surface area contributed by atoms with Crippen LogP contribution in [0.15, 0.2) is 54.2 Å². The monoisotopic (exact) mass is 299 g/mol. The first kappa shape index (κ1) is 15.6. The Kier molecular flexibility index (Phi) is 5.14. The van der Waals surface area contributed by atoms with Gasteiger partial charge in [0.05, 0.1) is 12.0 Å². The van der Waals surface area contributed by atoms with Crippen molar-refractivity contribution in [3.05, 3.63) is 75.5 Å². The van der Waals surface area contributed by atoms with Crippen LogP contribution in [0.2, 0.25) is 0 Å². The number of hydrogen-bond acceptors (Lipinski definition) is 4. The summed E-state index contributed by atoms with van der Waals surface area (Å²) in [5.74, 6) is 1.14. The van der Waals surface area contributed by atoms with Crippen LogP contribution < -0.4 is 9.47 Å². The van der Waals surface area contributed by atoms with E-state index in [1.807, 2.05) is 30.3 Å². The van der Waals surface area contributed by atoms with Gasteiger partial charge in [0.1, 0.15) is 6.61 Å². The van der Waals surface area contributed by atoms with Gasteiger partial charge in [-0.05, 0) is 23.3 Å². The van der Waals surface area contributed by atoms with Gasteiger partial charge in [0, 0.05) is 13.0 Å². The lowest BCUT2D eigenvalue weighted by atomic mass is 10.1. The Labute approximate surface area is 129 Å². The van der Waals surface area contributed by atoms with Crippen molar-refractivity contribution in [2.24, 2.45) is 0 Å². The van der Waals surface area contributed by atoms with Crippen molar-refractivity contribution in [1.82, 2.24) is 0 Å². The van der Waals surface area contributed by atoms with Crippen LogP contribution in [0.1, 0.15) is 18.1 Å². The van der Waals surface area contributed by atoms with Crippen LogP contribution in [0.5, 0.6) is 11.5 Å². The smallest absolute Gasteiger partial charge is 0.243 e. The molecule has 22 heavy (non-hydrogen) atoms. The molecule has 0 aromatic heterocycles. The molecule has 5 nitrogen and oxygen atoms in total. The average molecular weight is 299 g/mol. The highest BCUT2D eigenvalue weighted by Crippen LogP contribution is 2.29. The first-order chi connectivity index (χ1) is 10.6. The summed E-state index contributed by atoms with van der Waals surface area (Å²) in [6.45, 7) is 1.88. The topological polar surface area (TPSA) is 61.6 Å². The number of nitro groups is 1. The summed E-state index contributed by atoms with van der Waals surface area (Å²) in [4.78, 5) is 10.2. The van der Waals surface area contributed by atoms with Crippen LogP contribution in [0, 0.1) is 10.1 Å². The van der Waals surface area contributed by atoms with E-state index in [9.17, 15) is 10.1 Å². The van der Waals surface area contributed by atoms with Crippen LogP contribution in [-0.4, -0.2) is 12.0 Å². The predicted octanol–water partition coefficient (Wildman–Crippen LogP) is 3.91. The number of allylic oxidation sites excluding steroid dienone is 1. The summed E-state index contributed by atoms with van der Waals surface area (Å²) < 4.78 is 11.0. The number of hydrogen-bond donors (Lipinski definition) is 0. The molecule has 2 aromatic carbocycles. The lowest BCUT2D eigenvalue weighted by Gasteiger charge is -2.11. The van der Waals surface area contributed by atoms with Gasteiger partial charge in [-0.15, -0.1) is 0 Å². The van der Waals surface area contributed by atoms with E-state index in [-0.39, 0.29) is 5.70 Å². The molecule has 0 saturated heterocycles. The molecular weight excluding hydrogens is 282 g/mol. The first-order valence-corrected chi connectivity index (χ1v) is 6.77. The molecule has 0 atom stereocenters. The SMILES string of the molecule is COc1cc(/C=C(\C)[N+](=O)[O-])ccc1OCc1ccccc1. The summed E-state index contributed by atoms with van der Waals surface area (Å²) in [7, 11) is 1.54. The van der Waals surface area contributed by atoms with Crippen molar-refractivity contribution in [2.75, 3.05) is 7.11 Å². The highest BCUT2D eigenvalue weighted by atomic mass is 16.6. The second kappa shape index (κ2) is 7.26. The molecule has 0 spiro atoms. The van der Waals surface area contributed by atoms with E-state index < -0.39 is 4.92 Å². The fraction of sp³-hybridized carbons (Fsp3) is 0.176. The van der Waals surface area contributed by atoms with Gasteiger partial charge in [-0.3, -0.25) is 10.1 Å². The average Bonchev–Trinajstić information content (AvgIpc) is 2.54. The fourth-order valence-electron chi connectivity index (χ4n) is 1.92. The molecule has 2 rings (SSSR count). The second-order valence-corrected chi connectivity index (χ2v) is 4.73. The van der Waals surface area contributed by atoms with Gasteiger partial charge in [0.2, 0.25) is 5.70 Å². The van der Waals surface area contributed by atoms with Crippen molar-refractivity contribution in [2.45, 2.75) is 13.5 Å². The van der Waals surface area contributed by atoms with E-state index in [2.05, 4.69) is 0 Å². The van der Waals surface area contributed by atoms with Crippen molar-refractivity contribution < 1.29 is 14.4 Å². The summed E-state index contributed by atoms with van der Waals surface area (Å²) in [5, 5.41) is 10.7. The minimum atomic E-state index is -0.424. The molecule has 0 radical (unpaired) electrons. The Bertz CT molecular complexity index is 680. The molecule has 0 saturated carbocycles. The molecule has 5 heteroatoms. The van der Waals surface area contributed by atoms with Crippen molar-refractivity contribution in [3.8, 4) is 11.5 Å². The minimum absolute atomic E-state index is 0.0695. The number of benzene rings is 2. The zero-order chi connectivity index (χ0) is 15.9. The van der Waals surface area contributed by atoms with E-state index in [1.54, 1.807) is 25.3 Å². The zero-order valence-corrected chi connectivity index (χ0v) is 12.5. The van der Waals surface area contributed by atoms with Crippen molar-refractivity contribution >= 4 is 6.08 Å². The quantitative estimate of drug-likeness (QED) is 0.599. The predicted molar refractivity (Wildman–Crippen MR) is 84.4 cm³/mol. The highest BCUT2D eigenvalue weighted by molar-refractivity contribution is 5.56. The third kappa shape index (κ3) is 4.09. The Hall–Kier alpha value is -2.82.